The Morgan fingerprint density at radius 3 is 3.00 bits per heavy atom. The lowest BCUT2D eigenvalue weighted by Gasteiger charge is -2.13. The molecule has 2 aromatic heterocycles. The molecule has 5 nitrogen and oxygen atoms in total. The van der Waals surface area contributed by atoms with E-state index in [-0.39, 0.29) is 23.4 Å². The van der Waals surface area contributed by atoms with E-state index in [9.17, 15) is 8.42 Å². The van der Waals surface area contributed by atoms with Crippen molar-refractivity contribution >= 4 is 32.5 Å². The van der Waals surface area contributed by atoms with Crippen molar-refractivity contribution in [1.82, 2.24) is 14.5 Å². The van der Waals surface area contributed by atoms with Crippen LogP contribution in [-0.2, 0) is 15.7 Å². The van der Waals surface area contributed by atoms with Gasteiger partial charge in [-0.1, -0.05) is 0 Å². The molecule has 0 radical (unpaired) electrons. The monoisotopic (exact) mass is 285 g/mol. The largest absolute Gasteiger partial charge is 0.323 e. The molecule has 2 aromatic rings. The van der Waals surface area contributed by atoms with Gasteiger partial charge in [0.25, 0.3) is 0 Å². The number of imidazole rings is 1. The van der Waals surface area contributed by atoms with Crippen LogP contribution in [-0.4, -0.2) is 34.5 Å². The summed E-state index contributed by atoms with van der Waals surface area (Å²) >= 11 is 5.90. The van der Waals surface area contributed by atoms with Crippen LogP contribution in [0.4, 0.5) is 0 Å². The minimum absolute atomic E-state index is 0.0591. The zero-order chi connectivity index (χ0) is 12.8. The fourth-order valence-electron chi connectivity index (χ4n) is 2.48. The van der Waals surface area contributed by atoms with Gasteiger partial charge in [-0.05, 0) is 12.5 Å². The molecule has 0 aliphatic carbocycles. The predicted molar refractivity (Wildman–Crippen MR) is 69.4 cm³/mol. The van der Waals surface area contributed by atoms with Crippen LogP contribution >= 0.6 is 11.6 Å². The molecular weight excluding hydrogens is 274 g/mol. The summed E-state index contributed by atoms with van der Waals surface area (Å²) in [7, 11) is -2.92. The van der Waals surface area contributed by atoms with E-state index in [4.69, 9.17) is 11.6 Å². The highest BCUT2D eigenvalue weighted by Crippen LogP contribution is 2.29. The highest BCUT2D eigenvalue weighted by Gasteiger charge is 2.31. The molecule has 0 aromatic carbocycles. The first-order chi connectivity index (χ1) is 8.61. The first-order valence-electron chi connectivity index (χ1n) is 5.68. The molecule has 1 unspecified atom stereocenters. The summed E-state index contributed by atoms with van der Waals surface area (Å²) in [5, 5.41) is 0. The van der Waals surface area contributed by atoms with Gasteiger partial charge in [0, 0.05) is 6.20 Å². The normalized spacial score (nSPS) is 22.6. The number of fused-ring (bicyclic) bond motifs is 1. The minimum atomic E-state index is -2.92. The molecule has 0 spiro atoms. The average Bonchev–Trinajstić information content (AvgIpc) is 2.88. The second-order valence-electron chi connectivity index (χ2n) is 4.45. The van der Waals surface area contributed by atoms with E-state index in [1.807, 2.05) is 10.6 Å². The molecule has 0 amide bonds. The lowest BCUT2D eigenvalue weighted by molar-refractivity contribution is 0.554. The Morgan fingerprint density at radius 2 is 2.33 bits per heavy atom. The third kappa shape index (κ3) is 1.89. The Balaban J connectivity index is 2.16. The second-order valence-corrected chi connectivity index (χ2v) is 6.95. The van der Waals surface area contributed by atoms with E-state index in [2.05, 4.69) is 9.97 Å². The van der Waals surface area contributed by atoms with Crippen molar-refractivity contribution in [2.45, 2.75) is 18.3 Å². The summed E-state index contributed by atoms with van der Waals surface area (Å²) in [6.07, 6.45) is 3.98. The van der Waals surface area contributed by atoms with Crippen LogP contribution in [0.15, 0.2) is 18.5 Å². The van der Waals surface area contributed by atoms with Crippen molar-refractivity contribution in [2.24, 2.45) is 0 Å². The molecular formula is C11H12ClN3O2S. The summed E-state index contributed by atoms with van der Waals surface area (Å²) in [6, 6.07) is 1.79. The molecule has 18 heavy (non-hydrogen) atoms. The number of hydrogen-bond acceptors (Lipinski definition) is 4. The number of rotatable bonds is 2. The summed E-state index contributed by atoms with van der Waals surface area (Å²) in [5.74, 6) is 1.39. The number of pyridine rings is 1. The highest BCUT2D eigenvalue weighted by molar-refractivity contribution is 7.91. The summed E-state index contributed by atoms with van der Waals surface area (Å²) in [4.78, 5) is 8.42. The van der Waals surface area contributed by atoms with Crippen molar-refractivity contribution in [2.75, 3.05) is 11.5 Å². The van der Waals surface area contributed by atoms with E-state index >= 15 is 0 Å². The van der Waals surface area contributed by atoms with Crippen LogP contribution in [0.2, 0.25) is 0 Å². The van der Waals surface area contributed by atoms with Crippen molar-refractivity contribution in [3.63, 3.8) is 0 Å². The highest BCUT2D eigenvalue weighted by atomic mass is 35.5. The SMILES string of the molecule is O=S1(=O)CCC(n2c(CCl)nc3cnccc32)C1. The summed E-state index contributed by atoms with van der Waals surface area (Å²) < 4.78 is 25.1. The molecule has 7 heteroatoms. The first-order valence-corrected chi connectivity index (χ1v) is 8.03. The van der Waals surface area contributed by atoms with E-state index in [0.717, 1.165) is 11.0 Å². The fourth-order valence-corrected chi connectivity index (χ4v) is 4.37. The van der Waals surface area contributed by atoms with E-state index < -0.39 is 9.84 Å². The standard InChI is InChI=1S/C11H12ClN3O2S/c12-5-11-14-9-6-13-3-1-10(9)15(11)8-2-4-18(16,17)7-8/h1,3,6,8H,2,4-5,7H2. The van der Waals surface area contributed by atoms with E-state index in [1.54, 1.807) is 12.4 Å². The zero-order valence-electron chi connectivity index (χ0n) is 9.58. The summed E-state index contributed by atoms with van der Waals surface area (Å²) in [6.45, 7) is 0. The van der Waals surface area contributed by atoms with Gasteiger partial charge in [-0.2, -0.15) is 0 Å². The molecule has 96 valence electrons. The second kappa shape index (κ2) is 4.20. The molecule has 0 bridgehead atoms. The van der Waals surface area contributed by atoms with Gasteiger partial charge in [-0.25, -0.2) is 13.4 Å². The molecule has 1 fully saturated rings. The molecule has 1 aliphatic rings. The van der Waals surface area contributed by atoms with Crippen molar-refractivity contribution in [3.05, 3.63) is 24.3 Å². The quantitative estimate of drug-likeness (QED) is 0.785. The van der Waals surface area contributed by atoms with Crippen LogP contribution in [0, 0.1) is 0 Å². The van der Waals surface area contributed by atoms with Gasteiger partial charge in [0.1, 0.15) is 11.3 Å². The van der Waals surface area contributed by atoms with Crippen LogP contribution in [0.25, 0.3) is 11.0 Å². The molecule has 1 aliphatic heterocycles. The number of alkyl halides is 1. The van der Waals surface area contributed by atoms with Crippen LogP contribution in [0.1, 0.15) is 18.3 Å². The smallest absolute Gasteiger partial charge is 0.152 e. The van der Waals surface area contributed by atoms with E-state index in [1.165, 1.54) is 0 Å². The van der Waals surface area contributed by atoms with Gasteiger partial charge in [-0.15, -0.1) is 11.6 Å². The number of halogens is 1. The maximum absolute atomic E-state index is 11.6. The number of aromatic nitrogens is 3. The van der Waals surface area contributed by atoms with E-state index in [0.29, 0.717) is 12.2 Å². The Labute approximate surface area is 110 Å². The van der Waals surface area contributed by atoms with Crippen LogP contribution in [0.5, 0.6) is 0 Å². The summed E-state index contributed by atoms with van der Waals surface area (Å²) in [5.41, 5.74) is 1.67. The lowest BCUT2D eigenvalue weighted by atomic mass is 10.2. The first kappa shape index (κ1) is 11.9. The van der Waals surface area contributed by atoms with Gasteiger partial charge >= 0.3 is 0 Å². The number of sulfone groups is 1. The van der Waals surface area contributed by atoms with Crippen molar-refractivity contribution in [1.29, 1.82) is 0 Å². The zero-order valence-corrected chi connectivity index (χ0v) is 11.2. The van der Waals surface area contributed by atoms with Gasteiger partial charge in [-0.3, -0.25) is 4.98 Å². The Kier molecular flexibility index (Phi) is 2.79. The Hall–Kier alpha value is -1.14. The molecule has 0 saturated carbocycles. The molecule has 0 N–H and O–H groups in total. The van der Waals surface area contributed by atoms with Gasteiger partial charge in [0.2, 0.25) is 0 Å². The van der Waals surface area contributed by atoms with Crippen molar-refractivity contribution in [3.8, 4) is 0 Å². The fraction of sp³-hybridized carbons (Fsp3) is 0.455. The third-order valence-corrected chi connectivity index (χ3v) is 5.25. The topological polar surface area (TPSA) is 64.8 Å². The third-order valence-electron chi connectivity index (χ3n) is 3.26. The molecule has 3 heterocycles. The predicted octanol–water partition coefficient (Wildman–Crippen LogP) is 1.53. The number of nitrogens with zero attached hydrogens (tertiary/aromatic N) is 3. The van der Waals surface area contributed by atoms with Gasteiger partial charge in [0.15, 0.2) is 9.84 Å². The average molecular weight is 286 g/mol. The van der Waals surface area contributed by atoms with Crippen molar-refractivity contribution < 1.29 is 8.42 Å². The molecule has 1 saturated heterocycles. The minimum Gasteiger partial charge on any atom is -0.323 e. The van der Waals surface area contributed by atoms with Crippen LogP contribution < -0.4 is 0 Å². The molecule has 1 atom stereocenters. The van der Waals surface area contributed by atoms with Gasteiger partial charge in [0.05, 0.1) is 35.1 Å². The maximum atomic E-state index is 11.6. The van der Waals surface area contributed by atoms with Crippen LogP contribution in [0.3, 0.4) is 0 Å². The Morgan fingerprint density at radius 1 is 1.50 bits per heavy atom. The maximum Gasteiger partial charge on any atom is 0.152 e. The lowest BCUT2D eigenvalue weighted by Crippen LogP contribution is -2.13. The number of hydrogen-bond donors (Lipinski definition) is 0. The molecule has 3 rings (SSSR count). The Bertz CT molecular complexity index is 695. The van der Waals surface area contributed by atoms with Gasteiger partial charge < -0.3 is 4.57 Å².